The minimum atomic E-state index is 0.890. The first kappa shape index (κ1) is 32.0. The van der Waals surface area contributed by atoms with E-state index in [2.05, 4.69) is 13.8 Å². The van der Waals surface area contributed by atoms with Gasteiger partial charge in [-0.3, -0.25) is 0 Å². The summed E-state index contributed by atoms with van der Waals surface area (Å²) >= 11 is 0. The van der Waals surface area contributed by atoms with Crippen LogP contribution in [0.25, 0.3) is 0 Å². The van der Waals surface area contributed by atoms with Gasteiger partial charge in [-0.15, -0.1) is 0 Å². The molecule has 0 saturated carbocycles. The Morgan fingerprint density at radius 1 is 0.344 bits per heavy atom. The maximum absolute atomic E-state index is 5.90. The van der Waals surface area contributed by atoms with Gasteiger partial charge in [0.1, 0.15) is 0 Å². The van der Waals surface area contributed by atoms with Crippen LogP contribution in [0.2, 0.25) is 0 Å². The molecule has 0 aromatic carbocycles. The quantitative estimate of drug-likeness (QED) is 0.118. The van der Waals surface area contributed by atoms with Gasteiger partial charge in [0.05, 0.1) is 0 Å². The van der Waals surface area contributed by atoms with E-state index in [-0.39, 0.29) is 0 Å². The van der Waals surface area contributed by atoms with Crippen molar-refractivity contribution in [2.45, 2.75) is 187 Å². The molecule has 0 aromatic rings. The maximum Gasteiger partial charge on any atom is -0.00746 e. The standard InChI is InChI=1S/C31H65N/c1-3-5-7-9-11-13-15-17-19-21-23-25-27-31(29-30-32)28-26-24-22-20-18-16-14-12-10-8-6-4-2/h31H,3-30,32H2,1-2H3. The van der Waals surface area contributed by atoms with E-state index < -0.39 is 0 Å². The van der Waals surface area contributed by atoms with Gasteiger partial charge in [-0.1, -0.05) is 181 Å². The van der Waals surface area contributed by atoms with Crippen LogP contribution in [0, 0.1) is 5.92 Å². The highest BCUT2D eigenvalue weighted by atomic mass is 14.5. The predicted octanol–water partition coefficient (Wildman–Crippen LogP) is 11.1. The number of nitrogens with two attached hydrogens (primary N) is 1. The Labute approximate surface area is 205 Å². The lowest BCUT2D eigenvalue weighted by atomic mass is 9.91. The largest absolute Gasteiger partial charge is 0.330 e. The number of unbranched alkanes of at least 4 members (excludes halogenated alkanes) is 22. The fourth-order valence-corrected chi connectivity index (χ4v) is 5.22. The first-order chi connectivity index (χ1) is 15.8. The zero-order valence-corrected chi connectivity index (χ0v) is 23.0. The van der Waals surface area contributed by atoms with Gasteiger partial charge in [0.15, 0.2) is 0 Å². The molecule has 0 unspecified atom stereocenters. The molecule has 0 rings (SSSR count). The lowest BCUT2D eigenvalue weighted by molar-refractivity contribution is 0.384. The zero-order chi connectivity index (χ0) is 23.4. The summed E-state index contributed by atoms with van der Waals surface area (Å²) in [5.74, 6) is 0.909. The van der Waals surface area contributed by atoms with Crippen LogP contribution in [-0.2, 0) is 0 Å². The van der Waals surface area contributed by atoms with Crippen LogP contribution in [0.5, 0.6) is 0 Å². The highest BCUT2D eigenvalue weighted by Gasteiger charge is 2.07. The Morgan fingerprint density at radius 3 is 0.844 bits per heavy atom. The molecular weight excluding hydrogens is 386 g/mol. The SMILES string of the molecule is CCCCCCCCCCCCCCC(CCN)CCCCCCCCCCCCCC. The van der Waals surface area contributed by atoms with Crippen LogP contribution in [0.1, 0.15) is 187 Å². The third-order valence-corrected chi connectivity index (χ3v) is 7.51. The summed E-state index contributed by atoms with van der Waals surface area (Å²) in [6.07, 6.45) is 39.0. The van der Waals surface area contributed by atoms with E-state index in [4.69, 9.17) is 5.73 Å². The Balaban J connectivity index is 3.39. The van der Waals surface area contributed by atoms with E-state index >= 15 is 0 Å². The molecule has 0 saturated heterocycles. The van der Waals surface area contributed by atoms with Crippen molar-refractivity contribution >= 4 is 0 Å². The van der Waals surface area contributed by atoms with E-state index in [1.54, 1.807) is 0 Å². The van der Waals surface area contributed by atoms with Gasteiger partial charge in [0, 0.05) is 0 Å². The highest BCUT2D eigenvalue weighted by molar-refractivity contribution is 4.62. The van der Waals surface area contributed by atoms with E-state index in [0.717, 1.165) is 12.5 Å². The molecule has 32 heavy (non-hydrogen) atoms. The Morgan fingerprint density at radius 2 is 0.594 bits per heavy atom. The van der Waals surface area contributed by atoms with Crippen molar-refractivity contribution in [2.75, 3.05) is 6.54 Å². The monoisotopic (exact) mass is 452 g/mol. The van der Waals surface area contributed by atoms with Gasteiger partial charge in [-0.2, -0.15) is 0 Å². The molecule has 194 valence electrons. The smallest absolute Gasteiger partial charge is 0.00746 e. The van der Waals surface area contributed by atoms with Gasteiger partial charge in [-0.05, 0) is 18.9 Å². The normalized spacial score (nSPS) is 11.6. The summed E-state index contributed by atoms with van der Waals surface area (Å²) in [5.41, 5.74) is 5.90. The lowest BCUT2D eigenvalue weighted by Crippen LogP contribution is -2.09. The molecule has 0 aliphatic heterocycles. The number of hydrogen-bond donors (Lipinski definition) is 1. The molecule has 0 amide bonds. The van der Waals surface area contributed by atoms with Crippen molar-refractivity contribution in [3.8, 4) is 0 Å². The average molecular weight is 452 g/mol. The molecule has 0 aliphatic carbocycles. The Bertz CT molecular complexity index is 286. The minimum Gasteiger partial charge on any atom is -0.330 e. The Kier molecular flexibility index (Phi) is 29.0. The summed E-state index contributed by atoms with van der Waals surface area (Å²) < 4.78 is 0. The molecule has 1 heteroatoms. The van der Waals surface area contributed by atoms with Crippen LogP contribution in [0.3, 0.4) is 0 Å². The second-order valence-electron chi connectivity index (χ2n) is 10.8. The highest BCUT2D eigenvalue weighted by Crippen LogP contribution is 2.22. The second-order valence-corrected chi connectivity index (χ2v) is 10.8. The summed E-state index contributed by atoms with van der Waals surface area (Å²) in [5, 5.41) is 0. The zero-order valence-electron chi connectivity index (χ0n) is 23.0. The van der Waals surface area contributed by atoms with Crippen molar-refractivity contribution in [3.63, 3.8) is 0 Å². The van der Waals surface area contributed by atoms with Crippen molar-refractivity contribution in [3.05, 3.63) is 0 Å². The fourth-order valence-electron chi connectivity index (χ4n) is 5.22. The first-order valence-corrected chi connectivity index (χ1v) is 15.5. The first-order valence-electron chi connectivity index (χ1n) is 15.5. The van der Waals surface area contributed by atoms with Crippen LogP contribution in [-0.4, -0.2) is 6.54 Å². The summed E-state index contributed by atoms with van der Waals surface area (Å²) in [4.78, 5) is 0. The van der Waals surface area contributed by atoms with E-state index in [1.807, 2.05) is 0 Å². The van der Waals surface area contributed by atoms with Crippen molar-refractivity contribution in [1.82, 2.24) is 0 Å². The predicted molar refractivity (Wildman–Crippen MR) is 149 cm³/mol. The second kappa shape index (κ2) is 29.0. The molecule has 0 spiro atoms. The van der Waals surface area contributed by atoms with Gasteiger partial charge in [-0.25, -0.2) is 0 Å². The molecular formula is C31H65N. The van der Waals surface area contributed by atoms with Gasteiger partial charge in [0.2, 0.25) is 0 Å². The number of rotatable bonds is 28. The van der Waals surface area contributed by atoms with Crippen LogP contribution >= 0.6 is 0 Å². The van der Waals surface area contributed by atoms with Crippen LogP contribution in [0.4, 0.5) is 0 Å². The molecule has 2 N–H and O–H groups in total. The van der Waals surface area contributed by atoms with Gasteiger partial charge < -0.3 is 5.73 Å². The summed E-state index contributed by atoms with van der Waals surface area (Å²) in [6.45, 7) is 5.50. The van der Waals surface area contributed by atoms with Crippen molar-refractivity contribution in [1.29, 1.82) is 0 Å². The van der Waals surface area contributed by atoms with E-state index in [0.29, 0.717) is 0 Å². The Hall–Kier alpha value is -0.0400. The summed E-state index contributed by atoms with van der Waals surface area (Å²) in [7, 11) is 0. The third kappa shape index (κ3) is 26.2. The van der Waals surface area contributed by atoms with Gasteiger partial charge in [0.25, 0.3) is 0 Å². The maximum atomic E-state index is 5.90. The average Bonchev–Trinajstić information content (AvgIpc) is 2.80. The van der Waals surface area contributed by atoms with E-state index in [9.17, 15) is 0 Å². The van der Waals surface area contributed by atoms with Crippen molar-refractivity contribution < 1.29 is 0 Å². The van der Waals surface area contributed by atoms with E-state index in [1.165, 1.54) is 173 Å². The molecule has 0 heterocycles. The molecule has 0 aliphatic rings. The van der Waals surface area contributed by atoms with Crippen LogP contribution in [0.15, 0.2) is 0 Å². The fraction of sp³-hybridized carbons (Fsp3) is 1.00. The van der Waals surface area contributed by atoms with Crippen LogP contribution < -0.4 is 5.73 Å². The molecule has 0 radical (unpaired) electrons. The third-order valence-electron chi connectivity index (χ3n) is 7.51. The summed E-state index contributed by atoms with van der Waals surface area (Å²) in [6, 6.07) is 0. The molecule has 1 nitrogen and oxygen atoms in total. The molecule has 0 fully saturated rings. The lowest BCUT2D eigenvalue weighted by Gasteiger charge is -2.16. The molecule has 0 bridgehead atoms. The van der Waals surface area contributed by atoms with Crippen molar-refractivity contribution in [2.24, 2.45) is 11.7 Å². The topological polar surface area (TPSA) is 26.0 Å². The minimum absolute atomic E-state index is 0.890. The molecule has 0 aromatic heterocycles. The van der Waals surface area contributed by atoms with Gasteiger partial charge >= 0.3 is 0 Å². The number of hydrogen-bond acceptors (Lipinski definition) is 1. The molecule has 0 atom stereocenters.